The normalized spacial score (nSPS) is 10.1. The van der Waals surface area contributed by atoms with Crippen molar-refractivity contribution < 1.29 is 13.9 Å². The highest BCUT2D eigenvalue weighted by Gasteiger charge is 2.07. The molecule has 0 fully saturated rings. The van der Waals surface area contributed by atoms with Gasteiger partial charge in [0.25, 0.3) is 0 Å². The number of carbonyl (C=O) groups is 1. The molecule has 0 aliphatic heterocycles. The monoisotopic (exact) mass is 245 g/mol. The number of ketones is 1. The average molecular weight is 245 g/mol. The summed E-state index contributed by atoms with van der Waals surface area (Å²) in [6.07, 6.45) is 2.62. The predicted octanol–water partition coefficient (Wildman–Crippen LogP) is 2.87. The molecule has 1 heterocycles. The highest BCUT2D eigenvalue weighted by atomic mass is 19.1. The Labute approximate surface area is 104 Å². The van der Waals surface area contributed by atoms with Gasteiger partial charge < -0.3 is 4.74 Å². The van der Waals surface area contributed by atoms with Crippen molar-refractivity contribution in [1.82, 2.24) is 4.98 Å². The highest BCUT2D eigenvalue weighted by Crippen LogP contribution is 2.10. The van der Waals surface area contributed by atoms with Crippen LogP contribution in [0.1, 0.15) is 16.8 Å². The van der Waals surface area contributed by atoms with Gasteiger partial charge in [0.05, 0.1) is 12.8 Å². The minimum atomic E-state index is -0.509. The third-order valence-electron chi connectivity index (χ3n) is 2.37. The molecule has 0 unspecified atom stereocenters. The predicted molar refractivity (Wildman–Crippen MR) is 65.1 cm³/mol. The highest BCUT2D eigenvalue weighted by molar-refractivity contribution is 5.95. The van der Waals surface area contributed by atoms with Crippen molar-refractivity contribution in [1.29, 1.82) is 0 Å². The molecule has 92 valence electrons. The molecule has 18 heavy (non-hydrogen) atoms. The zero-order valence-electron chi connectivity index (χ0n) is 9.67. The molecule has 0 bridgehead atoms. The van der Waals surface area contributed by atoms with Gasteiger partial charge in [0, 0.05) is 18.2 Å². The Hall–Kier alpha value is -2.23. The molecule has 2 rings (SSSR count). The van der Waals surface area contributed by atoms with E-state index in [1.807, 2.05) is 30.3 Å². The van der Waals surface area contributed by atoms with Crippen LogP contribution in [0.25, 0.3) is 0 Å². The number of pyridine rings is 1. The maximum Gasteiger partial charge on any atom is 0.167 e. The lowest BCUT2D eigenvalue weighted by Crippen LogP contribution is -2.07. The largest absolute Gasteiger partial charge is 0.493 e. The molecular weight excluding hydrogens is 233 g/mol. The Kier molecular flexibility index (Phi) is 4.02. The smallest absolute Gasteiger partial charge is 0.167 e. The van der Waals surface area contributed by atoms with Gasteiger partial charge in [-0.1, -0.05) is 18.2 Å². The molecule has 3 nitrogen and oxygen atoms in total. The summed E-state index contributed by atoms with van der Waals surface area (Å²) in [4.78, 5) is 15.3. The van der Waals surface area contributed by atoms with E-state index >= 15 is 0 Å². The number of hydrogen-bond donors (Lipinski definition) is 0. The van der Waals surface area contributed by atoms with E-state index in [2.05, 4.69) is 4.98 Å². The van der Waals surface area contributed by atoms with Gasteiger partial charge in [-0.15, -0.1) is 0 Å². The summed E-state index contributed by atoms with van der Waals surface area (Å²) in [5.74, 6) is 0.0189. The molecular formula is C14H12FNO2. The lowest BCUT2D eigenvalue weighted by molar-refractivity contribution is 0.0961. The van der Waals surface area contributed by atoms with Gasteiger partial charge in [-0.05, 0) is 18.2 Å². The van der Waals surface area contributed by atoms with Gasteiger partial charge in [0.2, 0.25) is 0 Å². The summed E-state index contributed by atoms with van der Waals surface area (Å²) in [7, 11) is 0. The van der Waals surface area contributed by atoms with E-state index in [9.17, 15) is 9.18 Å². The van der Waals surface area contributed by atoms with Crippen molar-refractivity contribution in [2.75, 3.05) is 6.61 Å². The van der Waals surface area contributed by atoms with Crippen molar-refractivity contribution in [2.24, 2.45) is 0 Å². The molecule has 0 N–H and O–H groups in total. The number of Topliss-reactive ketones (excluding diaryl/α,β-unsaturated/α-hetero) is 1. The van der Waals surface area contributed by atoms with Gasteiger partial charge >= 0.3 is 0 Å². The fourth-order valence-electron chi connectivity index (χ4n) is 1.49. The number of para-hydroxylation sites is 1. The molecule has 1 aromatic heterocycles. The van der Waals surface area contributed by atoms with E-state index in [1.54, 1.807) is 0 Å². The summed E-state index contributed by atoms with van der Waals surface area (Å²) in [6.45, 7) is 0.263. The molecule has 0 aliphatic rings. The lowest BCUT2D eigenvalue weighted by atomic mass is 10.1. The Balaban J connectivity index is 1.86. The standard InChI is InChI=1S/C14H12FNO2/c15-12-8-11(9-16-10-12)14(17)6-7-18-13-4-2-1-3-5-13/h1-5,8-10H,6-7H2. The van der Waals surface area contributed by atoms with Crippen molar-refractivity contribution in [2.45, 2.75) is 6.42 Å². The molecule has 1 aromatic carbocycles. The Bertz CT molecular complexity index is 528. The number of halogens is 1. The number of benzene rings is 1. The van der Waals surface area contributed by atoms with Crippen LogP contribution < -0.4 is 4.74 Å². The number of nitrogens with zero attached hydrogens (tertiary/aromatic N) is 1. The van der Waals surface area contributed by atoms with Gasteiger partial charge in [0.15, 0.2) is 5.78 Å². The van der Waals surface area contributed by atoms with Crippen LogP contribution in [0.5, 0.6) is 5.75 Å². The second-order valence-corrected chi connectivity index (χ2v) is 3.73. The number of aromatic nitrogens is 1. The van der Waals surface area contributed by atoms with E-state index in [0.717, 1.165) is 6.20 Å². The minimum Gasteiger partial charge on any atom is -0.493 e. The summed E-state index contributed by atoms with van der Waals surface area (Å²) in [5.41, 5.74) is 0.270. The van der Waals surface area contributed by atoms with Crippen LogP contribution in [-0.2, 0) is 0 Å². The van der Waals surface area contributed by atoms with Gasteiger partial charge in [-0.2, -0.15) is 0 Å². The van der Waals surface area contributed by atoms with Crippen LogP contribution in [0, 0.1) is 5.82 Å². The van der Waals surface area contributed by atoms with Crippen LogP contribution in [0.2, 0.25) is 0 Å². The fraction of sp³-hybridized carbons (Fsp3) is 0.143. The molecule has 0 saturated carbocycles. The molecule has 0 atom stereocenters. The lowest BCUT2D eigenvalue weighted by Gasteiger charge is -2.05. The summed E-state index contributed by atoms with van der Waals surface area (Å²) in [6, 6.07) is 10.4. The maximum atomic E-state index is 12.9. The first-order valence-electron chi connectivity index (χ1n) is 5.57. The van der Waals surface area contributed by atoms with Crippen molar-refractivity contribution in [3.05, 3.63) is 60.2 Å². The van der Waals surface area contributed by atoms with E-state index in [4.69, 9.17) is 4.74 Å². The first kappa shape index (κ1) is 12.2. The topological polar surface area (TPSA) is 39.2 Å². The Morgan fingerprint density at radius 2 is 2.00 bits per heavy atom. The summed E-state index contributed by atoms with van der Waals surface area (Å²) in [5, 5.41) is 0. The first-order valence-corrected chi connectivity index (χ1v) is 5.57. The molecule has 0 amide bonds. The van der Waals surface area contributed by atoms with Crippen LogP contribution in [0.4, 0.5) is 4.39 Å². The zero-order chi connectivity index (χ0) is 12.8. The number of carbonyl (C=O) groups excluding carboxylic acids is 1. The van der Waals surface area contributed by atoms with E-state index < -0.39 is 5.82 Å². The molecule has 0 aliphatic carbocycles. The maximum absolute atomic E-state index is 12.9. The molecule has 4 heteroatoms. The minimum absolute atomic E-state index is 0.182. The van der Waals surface area contributed by atoms with Gasteiger partial charge in [-0.25, -0.2) is 4.39 Å². The molecule has 0 radical (unpaired) electrons. The number of hydrogen-bond acceptors (Lipinski definition) is 3. The fourth-order valence-corrected chi connectivity index (χ4v) is 1.49. The Morgan fingerprint density at radius 3 is 2.72 bits per heavy atom. The third kappa shape index (κ3) is 3.38. The summed E-state index contributed by atoms with van der Waals surface area (Å²) < 4.78 is 18.3. The molecule has 2 aromatic rings. The van der Waals surface area contributed by atoms with Crippen LogP contribution in [0.3, 0.4) is 0 Å². The van der Waals surface area contributed by atoms with E-state index in [-0.39, 0.29) is 24.4 Å². The molecule has 0 saturated heterocycles. The van der Waals surface area contributed by atoms with Crippen molar-refractivity contribution in [3.63, 3.8) is 0 Å². The number of rotatable bonds is 5. The zero-order valence-corrected chi connectivity index (χ0v) is 9.67. The van der Waals surface area contributed by atoms with E-state index in [1.165, 1.54) is 12.3 Å². The Morgan fingerprint density at radius 1 is 1.22 bits per heavy atom. The van der Waals surface area contributed by atoms with Crippen molar-refractivity contribution >= 4 is 5.78 Å². The SMILES string of the molecule is O=C(CCOc1ccccc1)c1cncc(F)c1. The summed E-state index contributed by atoms with van der Waals surface area (Å²) >= 11 is 0. The van der Waals surface area contributed by atoms with E-state index in [0.29, 0.717) is 5.75 Å². The number of ether oxygens (including phenoxy) is 1. The van der Waals surface area contributed by atoms with Crippen LogP contribution >= 0.6 is 0 Å². The van der Waals surface area contributed by atoms with Crippen molar-refractivity contribution in [3.8, 4) is 5.75 Å². The van der Waals surface area contributed by atoms with Crippen LogP contribution in [0.15, 0.2) is 48.8 Å². The third-order valence-corrected chi connectivity index (χ3v) is 2.37. The van der Waals surface area contributed by atoms with Gasteiger partial charge in [0.1, 0.15) is 11.6 Å². The average Bonchev–Trinajstić information content (AvgIpc) is 2.40. The van der Waals surface area contributed by atoms with Crippen LogP contribution in [-0.4, -0.2) is 17.4 Å². The first-order chi connectivity index (χ1) is 8.75. The molecule has 0 spiro atoms. The van der Waals surface area contributed by atoms with Gasteiger partial charge in [-0.3, -0.25) is 9.78 Å². The quantitative estimate of drug-likeness (QED) is 0.760. The second kappa shape index (κ2) is 5.91. The second-order valence-electron chi connectivity index (χ2n) is 3.73.